The van der Waals surface area contributed by atoms with Gasteiger partial charge in [0.25, 0.3) is 0 Å². The Morgan fingerprint density at radius 2 is 1.80 bits per heavy atom. The first-order valence-electron chi connectivity index (χ1n) is 6.38. The lowest BCUT2D eigenvalue weighted by molar-refractivity contribution is -0.113. The second-order valence-corrected chi connectivity index (χ2v) is 7.54. The molecule has 1 amide bonds. The number of carbonyl (C=O) groups is 2. The number of hydrogen-bond acceptors (Lipinski definition) is 3. The SMILES string of the molecule is Cc1cc(C)c(C(=O)O)cc1NC(=O)CSC(C)(C)C. The van der Waals surface area contributed by atoms with Gasteiger partial charge in [0.2, 0.25) is 5.91 Å². The Kier molecular flexibility index (Phi) is 5.22. The fourth-order valence-corrected chi connectivity index (χ4v) is 2.32. The Bertz CT molecular complexity index is 533. The molecule has 0 saturated heterocycles. The third kappa shape index (κ3) is 4.89. The summed E-state index contributed by atoms with van der Waals surface area (Å²) < 4.78 is 0.0197. The molecule has 1 aromatic carbocycles. The van der Waals surface area contributed by atoms with E-state index in [2.05, 4.69) is 5.32 Å². The highest BCUT2D eigenvalue weighted by Crippen LogP contribution is 2.24. The van der Waals surface area contributed by atoms with Crippen LogP contribution in [-0.2, 0) is 4.79 Å². The molecule has 0 aliphatic rings. The lowest BCUT2D eigenvalue weighted by Gasteiger charge is -2.17. The Balaban J connectivity index is 2.85. The van der Waals surface area contributed by atoms with Crippen LogP contribution in [-0.4, -0.2) is 27.5 Å². The third-order valence-electron chi connectivity index (χ3n) is 2.71. The fraction of sp³-hybridized carbons (Fsp3) is 0.467. The van der Waals surface area contributed by atoms with Crippen molar-refractivity contribution in [2.24, 2.45) is 0 Å². The molecule has 0 unspecified atom stereocenters. The number of hydrogen-bond donors (Lipinski definition) is 2. The summed E-state index contributed by atoms with van der Waals surface area (Å²) in [4.78, 5) is 23.0. The van der Waals surface area contributed by atoms with Crippen LogP contribution in [0.25, 0.3) is 0 Å². The van der Waals surface area contributed by atoms with Crippen LogP contribution < -0.4 is 5.32 Å². The predicted molar refractivity (Wildman–Crippen MR) is 83.7 cm³/mol. The Hall–Kier alpha value is -1.49. The van der Waals surface area contributed by atoms with Crippen LogP contribution >= 0.6 is 11.8 Å². The number of nitrogens with one attached hydrogen (secondary N) is 1. The molecule has 2 N–H and O–H groups in total. The zero-order valence-electron chi connectivity index (χ0n) is 12.5. The van der Waals surface area contributed by atoms with E-state index in [1.807, 2.05) is 27.7 Å². The number of rotatable bonds is 4. The van der Waals surface area contributed by atoms with Crippen molar-refractivity contribution in [3.8, 4) is 0 Å². The maximum atomic E-state index is 11.9. The molecule has 0 fully saturated rings. The van der Waals surface area contributed by atoms with Crippen molar-refractivity contribution in [1.29, 1.82) is 0 Å². The molecule has 4 nitrogen and oxygen atoms in total. The zero-order chi connectivity index (χ0) is 15.5. The summed E-state index contributed by atoms with van der Waals surface area (Å²) in [7, 11) is 0. The third-order valence-corrected chi connectivity index (χ3v) is 3.98. The topological polar surface area (TPSA) is 66.4 Å². The lowest BCUT2D eigenvalue weighted by Crippen LogP contribution is -2.19. The number of carboxylic acids is 1. The molecule has 110 valence electrons. The molecule has 0 radical (unpaired) electrons. The molecule has 1 rings (SSSR count). The average Bonchev–Trinajstić information content (AvgIpc) is 2.28. The molecule has 0 bridgehead atoms. The molecule has 0 aliphatic heterocycles. The predicted octanol–water partition coefficient (Wildman–Crippen LogP) is 3.47. The van der Waals surface area contributed by atoms with E-state index in [-0.39, 0.29) is 16.2 Å². The van der Waals surface area contributed by atoms with Gasteiger partial charge in [-0.05, 0) is 31.0 Å². The minimum absolute atomic E-state index is 0.0197. The number of aromatic carboxylic acids is 1. The van der Waals surface area contributed by atoms with E-state index in [1.165, 1.54) is 6.07 Å². The maximum Gasteiger partial charge on any atom is 0.336 e. The largest absolute Gasteiger partial charge is 0.478 e. The van der Waals surface area contributed by atoms with Crippen LogP contribution in [0.2, 0.25) is 0 Å². The van der Waals surface area contributed by atoms with E-state index in [1.54, 1.807) is 24.8 Å². The van der Waals surface area contributed by atoms with E-state index in [9.17, 15) is 9.59 Å². The summed E-state index contributed by atoms with van der Waals surface area (Å²) >= 11 is 1.55. The second kappa shape index (κ2) is 6.31. The number of carboxylic acid groups (broad SMARTS) is 1. The molecule has 1 aromatic rings. The first-order chi connectivity index (χ1) is 9.10. The van der Waals surface area contributed by atoms with E-state index < -0.39 is 5.97 Å². The summed E-state index contributed by atoms with van der Waals surface area (Å²) in [5.41, 5.74) is 2.33. The number of anilines is 1. The minimum Gasteiger partial charge on any atom is -0.478 e. The summed E-state index contributed by atoms with van der Waals surface area (Å²) in [6.07, 6.45) is 0. The quantitative estimate of drug-likeness (QED) is 0.892. The number of thioether (sulfide) groups is 1. The van der Waals surface area contributed by atoms with Crippen molar-refractivity contribution in [3.63, 3.8) is 0 Å². The van der Waals surface area contributed by atoms with Gasteiger partial charge in [0.15, 0.2) is 0 Å². The molecular formula is C15H21NO3S. The van der Waals surface area contributed by atoms with E-state index in [0.29, 0.717) is 17.0 Å². The van der Waals surface area contributed by atoms with Crippen LogP contribution in [0.5, 0.6) is 0 Å². The molecule has 0 aromatic heterocycles. The van der Waals surface area contributed by atoms with E-state index in [4.69, 9.17) is 5.11 Å². The van der Waals surface area contributed by atoms with E-state index >= 15 is 0 Å². The highest BCUT2D eigenvalue weighted by atomic mass is 32.2. The van der Waals surface area contributed by atoms with Crippen molar-refractivity contribution < 1.29 is 14.7 Å². The van der Waals surface area contributed by atoms with Gasteiger partial charge in [-0.1, -0.05) is 26.8 Å². The van der Waals surface area contributed by atoms with Gasteiger partial charge in [0, 0.05) is 10.4 Å². The standard InChI is InChI=1S/C15H21NO3S/c1-9-6-10(2)12(7-11(9)14(18)19)16-13(17)8-20-15(3,4)5/h6-7H,8H2,1-5H3,(H,16,17)(H,18,19). The number of carbonyl (C=O) groups excluding carboxylic acids is 1. The van der Waals surface area contributed by atoms with Gasteiger partial charge < -0.3 is 10.4 Å². The molecule has 5 heteroatoms. The van der Waals surface area contributed by atoms with Crippen LogP contribution in [0.1, 0.15) is 42.3 Å². The van der Waals surface area contributed by atoms with Crippen molar-refractivity contribution in [2.75, 3.05) is 11.1 Å². The fourth-order valence-electron chi connectivity index (χ4n) is 1.69. The number of amides is 1. The Morgan fingerprint density at radius 3 is 2.30 bits per heavy atom. The van der Waals surface area contributed by atoms with Gasteiger partial charge in [-0.2, -0.15) is 0 Å². The van der Waals surface area contributed by atoms with Crippen molar-refractivity contribution >= 4 is 29.3 Å². The van der Waals surface area contributed by atoms with Gasteiger partial charge >= 0.3 is 5.97 Å². The van der Waals surface area contributed by atoms with E-state index in [0.717, 1.165) is 5.56 Å². The van der Waals surface area contributed by atoms with Crippen LogP contribution in [0.15, 0.2) is 12.1 Å². The zero-order valence-corrected chi connectivity index (χ0v) is 13.4. The van der Waals surface area contributed by atoms with Gasteiger partial charge in [-0.3, -0.25) is 4.79 Å². The molecule has 20 heavy (non-hydrogen) atoms. The summed E-state index contributed by atoms with van der Waals surface area (Å²) in [5.74, 6) is -0.755. The Morgan fingerprint density at radius 1 is 1.20 bits per heavy atom. The van der Waals surface area contributed by atoms with Crippen molar-refractivity contribution in [2.45, 2.75) is 39.4 Å². The monoisotopic (exact) mass is 295 g/mol. The molecule has 0 saturated carbocycles. The van der Waals surface area contributed by atoms with Crippen LogP contribution in [0.3, 0.4) is 0 Å². The number of benzene rings is 1. The molecule has 0 spiro atoms. The smallest absolute Gasteiger partial charge is 0.336 e. The summed E-state index contributed by atoms with van der Waals surface area (Å²) in [5, 5.41) is 11.9. The van der Waals surface area contributed by atoms with Gasteiger partial charge in [0.05, 0.1) is 11.3 Å². The normalized spacial score (nSPS) is 11.2. The number of aryl methyl sites for hydroxylation is 2. The highest BCUT2D eigenvalue weighted by molar-refractivity contribution is 8.01. The highest BCUT2D eigenvalue weighted by Gasteiger charge is 2.15. The lowest BCUT2D eigenvalue weighted by atomic mass is 10.0. The summed E-state index contributed by atoms with van der Waals surface area (Å²) in [6, 6.07) is 3.29. The van der Waals surface area contributed by atoms with Gasteiger partial charge in [-0.15, -0.1) is 11.8 Å². The van der Waals surface area contributed by atoms with Crippen LogP contribution in [0.4, 0.5) is 5.69 Å². The maximum absolute atomic E-state index is 11.9. The minimum atomic E-state index is -0.984. The molecule has 0 atom stereocenters. The Labute approximate surface area is 124 Å². The molecular weight excluding hydrogens is 274 g/mol. The first-order valence-corrected chi connectivity index (χ1v) is 7.37. The van der Waals surface area contributed by atoms with Gasteiger partial charge in [-0.25, -0.2) is 4.79 Å². The average molecular weight is 295 g/mol. The van der Waals surface area contributed by atoms with Crippen molar-refractivity contribution in [3.05, 3.63) is 28.8 Å². The van der Waals surface area contributed by atoms with Crippen LogP contribution in [0, 0.1) is 13.8 Å². The van der Waals surface area contributed by atoms with Gasteiger partial charge in [0.1, 0.15) is 0 Å². The van der Waals surface area contributed by atoms with Crippen molar-refractivity contribution in [1.82, 2.24) is 0 Å². The molecule has 0 heterocycles. The second-order valence-electron chi connectivity index (χ2n) is 5.74. The molecule has 0 aliphatic carbocycles. The first kappa shape index (κ1) is 16.6. The summed E-state index contributed by atoms with van der Waals surface area (Å²) in [6.45, 7) is 9.74.